The molecule has 0 saturated carbocycles. The minimum atomic E-state index is 0.625. The maximum atomic E-state index is 8.88. The van der Waals surface area contributed by atoms with Crippen LogP contribution in [0.25, 0.3) is 0 Å². The van der Waals surface area contributed by atoms with Crippen LogP contribution < -0.4 is 5.32 Å². The Kier molecular flexibility index (Phi) is 3.46. The Morgan fingerprint density at radius 3 is 3.33 bits per heavy atom. The summed E-state index contributed by atoms with van der Waals surface area (Å²) >= 11 is 2.00. The van der Waals surface area contributed by atoms with E-state index in [1.807, 2.05) is 11.8 Å². The van der Waals surface area contributed by atoms with Gasteiger partial charge in [0.05, 0.1) is 5.56 Å². The molecule has 1 saturated heterocycles. The van der Waals surface area contributed by atoms with Crippen molar-refractivity contribution in [1.82, 2.24) is 4.98 Å². The zero-order valence-electron chi connectivity index (χ0n) is 8.44. The van der Waals surface area contributed by atoms with Gasteiger partial charge in [-0.2, -0.15) is 17.0 Å². The lowest BCUT2D eigenvalue weighted by molar-refractivity contribution is 0.803. The second kappa shape index (κ2) is 5.04. The Labute approximate surface area is 93.9 Å². The molecule has 0 bridgehead atoms. The minimum absolute atomic E-state index is 0.625. The van der Waals surface area contributed by atoms with Gasteiger partial charge in [0, 0.05) is 18.0 Å². The fourth-order valence-electron chi connectivity index (χ4n) is 1.65. The highest BCUT2D eigenvalue weighted by Crippen LogP contribution is 2.26. The maximum Gasteiger partial charge on any atom is 0.143 e. The first-order chi connectivity index (χ1) is 7.40. The zero-order valence-corrected chi connectivity index (χ0v) is 9.26. The van der Waals surface area contributed by atoms with Crippen LogP contribution in [0.1, 0.15) is 18.4 Å². The molecule has 0 radical (unpaired) electrons. The van der Waals surface area contributed by atoms with Crippen LogP contribution >= 0.6 is 11.8 Å². The molecule has 0 amide bonds. The first-order valence-corrected chi connectivity index (χ1v) is 6.15. The van der Waals surface area contributed by atoms with Crippen molar-refractivity contribution >= 4 is 17.6 Å². The lowest BCUT2D eigenvalue weighted by Crippen LogP contribution is -2.15. The van der Waals surface area contributed by atoms with Crippen molar-refractivity contribution in [2.24, 2.45) is 0 Å². The third-order valence-electron chi connectivity index (χ3n) is 2.45. The van der Waals surface area contributed by atoms with Gasteiger partial charge in [0.25, 0.3) is 0 Å². The number of hydrogen-bond acceptors (Lipinski definition) is 4. The van der Waals surface area contributed by atoms with Crippen LogP contribution in [-0.4, -0.2) is 22.5 Å². The number of rotatable bonds is 3. The van der Waals surface area contributed by atoms with Crippen molar-refractivity contribution in [3.63, 3.8) is 0 Å². The summed E-state index contributed by atoms with van der Waals surface area (Å²) in [4.78, 5) is 4.17. The summed E-state index contributed by atoms with van der Waals surface area (Å²) in [6.07, 6.45) is 4.29. The van der Waals surface area contributed by atoms with E-state index in [0.717, 1.165) is 6.54 Å². The molecule has 1 aromatic rings. The summed E-state index contributed by atoms with van der Waals surface area (Å²) < 4.78 is 0. The number of aromatic nitrogens is 1. The van der Waals surface area contributed by atoms with Crippen LogP contribution in [0.3, 0.4) is 0 Å². The number of nitrogens with one attached hydrogen (secondary N) is 1. The highest BCUT2D eigenvalue weighted by molar-refractivity contribution is 8.00. The maximum absolute atomic E-state index is 8.88. The van der Waals surface area contributed by atoms with Crippen LogP contribution in [0.2, 0.25) is 0 Å². The molecule has 1 fully saturated rings. The normalized spacial score (nSPS) is 19.8. The molecule has 3 nitrogen and oxygen atoms in total. The number of hydrogen-bond donors (Lipinski definition) is 1. The molecule has 4 heteroatoms. The van der Waals surface area contributed by atoms with Gasteiger partial charge < -0.3 is 5.32 Å². The molecular formula is C11H13N3S. The molecule has 78 valence electrons. The van der Waals surface area contributed by atoms with E-state index in [1.165, 1.54) is 18.6 Å². The average molecular weight is 219 g/mol. The zero-order chi connectivity index (χ0) is 10.5. The summed E-state index contributed by atoms with van der Waals surface area (Å²) in [5.41, 5.74) is 0.625. The number of anilines is 1. The van der Waals surface area contributed by atoms with E-state index in [2.05, 4.69) is 16.4 Å². The molecule has 0 spiro atoms. The van der Waals surface area contributed by atoms with Crippen molar-refractivity contribution in [3.8, 4) is 6.07 Å². The summed E-state index contributed by atoms with van der Waals surface area (Å²) in [5.74, 6) is 1.98. The molecule has 2 heterocycles. The fourth-order valence-corrected chi connectivity index (χ4v) is 2.85. The molecule has 1 atom stereocenters. The average Bonchev–Trinajstić information content (AvgIpc) is 2.79. The molecule has 1 aliphatic heterocycles. The van der Waals surface area contributed by atoms with E-state index >= 15 is 0 Å². The lowest BCUT2D eigenvalue weighted by Gasteiger charge is -2.11. The van der Waals surface area contributed by atoms with E-state index in [-0.39, 0.29) is 0 Å². The topological polar surface area (TPSA) is 48.7 Å². The Balaban J connectivity index is 1.95. The Morgan fingerprint density at radius 2 is 2.60 bits per heavy atom. The van der Waals surface area contributed by atoms with Crippen LogP contribution in [0.15, 0.2) is 18.3 Å². The van der Waals surface area contributed by atoms with Crippen molar-refractivity contribution in [2.75, 3.05) is 17.6 Å². The van der Waals surface area contributed by atoms with E-state index in [9.17, 15) is 0 Å². The van der Waals surface area contributed by atoms with Gasteiger partial charge in [-0.3, -0.25) is 0 Å². The minimum Gasteiger partial charge on any atom is -0.368 e. The van der Waals surface area contributed by atoms with Crippen molar-refractivity contribution in [1.29, 1.82) is 5.26 Å². The molecule has 0 aliphatic carbocycles. The molecular weight excluding hydrogens is 206 g/mol. The third kappa shape index (κ3) is 2.63. The number of pyridine rings is 1. The van der Waals surface area contributed by atoms with E-state index in [4.69, 9.17) is 5.26 Å². The quantitative estimate of drug-likeness (QED) is 0.847. The van der Waals surface area contributed by atoms with Crippen LogP contribution in [0.4, 0.5) is 5.82 Å². The molecule has 1 N–H and O–H groups in total. The second-order valence-electron chi connectivity index (χ2n) is 3.53. The summed E-state index contributed by atoms with van der Waals surface area (Å²) in [6.45, 7) is 0.913. The molecule has 2 rings (SSSR count). The largest absolute Gasteiger partial charge is 0.368 e. The van der Waals surface area contributed by atoms with Crippen LogP contribution in [0.5, 0.6) is 0 Å². The standard InChI is InChI=1S/C11H13N3S/c12-7-9-3-1-5-13-11(9)14-8-10-4-2-6-15-10/h1,3,5,10H,2,4,6,8H2,(H,13,14). The number of nitrogens with zero attached hydrogens (tertiary/aromatic N) is 2. The van der Waals surface area contributed by atoms with Crippen LogP contribution in [-0.2, 0) is 0 Å². The fraction of sp³-hybridized carbons (Fsp3) is 0.455. The van der Waals surface area contributed by atoms with Crippen LogP contribution in [0, 0.1) is 11.3 Å². The van der Waals surface area contributed by atoms with Gasteiger partial charge >= 0.3 is 0 Å². The molecule has 0 aromatic carbocycles. The molecule has 1 aliphatic rings. The highest BCUT2D eigenvalue weighted by atomic mass is 32.2. The van der Waals surface area contributed by atoms with Gasteiger partial charge in [0.15, 0.2) is 0 Å². The van der Waals surface area contributed by atoms with E-state index in [0.29, 0.717) is 16.6 Å². The van der Waals surface area contributed by atoms with Gasteiger partial charge in [0.1, 0.15) is 11.9 Å². The van der Waals surface area contributed by atoms with E-state index in [1.54, 1.807) is 18.3 Å². The summed E-state index contributed by atoms with van der Waals surface area (Å²) in [5, 5.41) is 12.8. The number of nitriles is 1. The smallest absolute Gasteiger partial charge is 0.143 e. The van der Waals surface area contributed by atoms with Gasteiger partial charge in [-0.1, -0.05) is 0 Å². The lowest BCUT2D eigenvalue weighted by atomic mass is 10.2. The van der Waals surface area contributed by atoms with Gasteiger partial charge in [-0.25, -0.2) is 4.98 Å². The third-order valence-corrected chi connectivity index (χ3v) is 3.85. The van der Waals surface area contributed by atoms with Gasteiger partial charge in [-0.05, 0) is 30.7 Å². The predicted molar refractivity (Wildman–Crippen MR) is 62.9 cm³/mol. The van der Waals surface area contributed by atoms with Crippen molar-refractivity contribution in [3.05, 3.63) is 23.9 Å². The summed E-state index contributed by atoms with van der Waals surface area (Å²) in [6, 6.07) is 5.71. The van der Waals surface area contributed by atoms with Gasteiger partial charge in [-0.15, -0.1) is 0 Å². The molecule has 15 heavy (non-hydrogen) atoms. The highest BCUT2D eigenvalue weighted by Gasteiger charge is 2.15. The van der Waals surface area contributed by atoms with Gasteiger partial charge in [0.2, 0.25) is 0 Å². The SMILES string of the molecule is N#Cc1cccnc1NCC1CCCS1. The predicted octanol–water partition coefficient (Wildman–Crippen LogP) is 2.26. The van der Waals surface area contributed by atoms with Crippen molar-refractivity contribution in [2.45, 2.75) is 18.1 Å². The monoisotopic (exact) mass is 219 g/mol. The Morgan fingerprint density at radius 1 is 1.67 bits per heavy atom. The Hall–Kier alpha value is -1.21. The molecule has 1 aromatic heterocycles. The summed E-state index contributed by atoms with van der Waals surface area (Å²) in [7, 11) is 0. The second-order valence-corrected chi connectivity index (χ2v) is 4.94. The number of thioether (sulfide) groups is 1. The molecule has 1 unspecified atom stereocenters. The Bertz CT molecular complexity index is 366. The van der Waals surface area contributed by atoms with Crippen molar-refractivity contribution < 1.29 is 0 Å². The van der Waals surface area contributed by atoms with E-state index < -0.39 is 0 Å². The first-order valence-electron chi connectivity index (χ1n) is 5.11. The first kappa shape index (κ1) is 10.3.